The molecule has 2 rings (SSSR count). The largest absolute Gasteiger partial charge is 0.381 e. The van der Waals surface area contributed by atoms with E-state index in [1.54, 1.807) is 6.92 Å². The van der Waals surface area contributed by atoms with Crippen LogP contribution in [0.5, 0.6) is 0 Å². The van der Waals surface area contributed by atoms with E-state index in [1.807, 2.05) is 0 Å². The average molecular weight is 297 g/mol. The number of amides is 1. The number of nitrogens with one attached hydrogen (secondary N) is 1. The van der Waals surface area contributed by atoms with Gasteiger partial charge in [-0.1, -0.05) is 12.8 Å². The molecule has 1 heterocycles. The molecule has 0 aromatic rings. The Labute approximate surface area is 126 Å². The van der Waals surface area contributed by atoms with Crippen LogP contribution in [0.25, 0.3) is 0 Å². The summed E-state index contributed by atoms with van der Waals surface area (Å²) in [6, 6.07) is 0. The molecule has 1 saturated carbocycles. The molecule has 5 heteroatoms. The van der Waals surface area contributed by atoms with Crippen molar-refractivity contribution in [2.45, 2.75) is 51.6 Å². The Morgan fingerprint density at radius 3 is 2.48 bits per heavy atom. The van der Waals surface area contributed by atoms with E-state index in [9.17, 15) is 9.59 Å². The second kappa shape index (κ2) is 8.49. The zero-order chi connectivity index (χ0) is 15.1. The molecule has 1 amide bonds. The second-order valence-electron chi connectivity index (χ2n) is 6.26. The van der Waals surface area contributed by atoms with Crippen LogP contribution in [-0.4, -0.2) is 44.2 Å². The molecule has 1 N–H and O–H groups in total. The summed E-state index contributed by atoms with van der Waals surface area (Å²) in [7, 11) is 0. The van der Waals surface area contributed by atoms with Crippen molar-refractivity contribution >= 4 is 11.7 Å². The molecule has 2 aliphatic rings. The van der Waals surface area contributed by atoms with Gasteiger partial charge in [0.25, 0.3) is 5.91 Å². The van der Waals surface area contributed by atoms with Gasteiger partial charge in [0.15, 0.2) is 0 Å². The molecule has 0 spiro atoms. The first-order valence-electron chi connectivity index (χ1n) is 8.18. The van der Waals surface area contributed by atoms with Gasteiger partial charge in [-0.3, -0.25) is 9.59 Å². The number of ketones is 1. The zero-order valence-electron chi connectivity index (χ0n) is 12.9. The minimum Gasteiger partial charge on any atom is -0.381 e. The van der Waals surface area contributed by atoms with E-state index >= 15 is 0 Å². The Bertz CT molecular complexity index is 346. The highest BCUT2D eigenvalue weighted by Crippen LogP contribution is 2.23. The van der Waals surface area contributed by atoms with Gasteiger partial charge in [0.1, 0.15) is 6.10 Å². The number of ether oxygens (including phenoxy) is 2. The van der Waals surface area contributed by atoms with Crippen molar-refractivity contribution in [1.82, 2.24) is 5.32 Å². The summed E-state index contributed by atoms with van der Waals surface area (Å²) in [6.07, 6.45) is 6.06. The van der Waals surface area contributed by atoms with Gasteiger partial charge >= 0.3 is 0 Å². The highest BCUT2D eigenvalue weighted by atomic mass is 16.5. The first kappa shape index (κ1) is 16.4. The Morgan fingerprint density at radius 1 is 1.14 bits per heavy atom. The molecule has 0 bridgehead atoms. The van der Waals surface area contributed by atoms with E-state index in [2.05, 4.69) is 5.32 Å². The van der Waals surface area contributed by atoms with E-state index in [-0.39, 0.29) is 0 Å². The van der Waals surface area contributed by atoms with Crippen LogP contribution in [0.1, 0.15) is 45.4 Å². The maximum Gasteiger partial charge on any atom is 0.290 e. The monoisotopic (exact) mass is 297 g/mol. The van der Waals surface area contributed by atoms with E-state index in [1.165, 1.54) is 12.8 Å². The molecule has 0 aromatic carbocycles. The van der Waals surface area contributed by atoms with Gasteiger partial charge in [0, 0.05) is 19.8 Å². The fourth-order valence-electron chi connectivity index (χ4n) is 2.99. The van der Waals surface area contributed by atoms with Gasteiger partial charge in [-0.15, -0.1) is 0 Å². The third-order valence-electron chi connectivity index (χ3n) is 4.54. The molecule has 1 atom stereocenters. The lowest BCUT2D eigenvalue weighted by molar-refractivity contribution is -0.145. The van der Waals surface area contributed by atoms with Gasteiger partial charge in [-0.05, 0) is 44.4 Å². The fraction of sp³-hybridized carbons (Fsp3) is 0.875. The first-order chi connectivity index (χ1) is 10.2. The molecule has 2 fully saturated rings. The Balaban J connectivity index is 1.64. The zero-order valence-corrected chi connectivity index (χ0v) is 12.9. The summed E-state index contributed by atoms with van der Waals surface area (Å²) in [5, 5.41) is 2.75. The minimum absolute atomic E-state index is 0.440. The lowest BCUT2D eigenvalue weighted by atomic mass is 10.0. The normalized spacial score (nSPS) is 22.1. The number of carbonyl (C=O) groups excluding carboxylic acids is 2. The lowest BCUT2D eigenvalue weighted by Gasteiger charge is -2.23. The van der Waals surface area contributed by atoms with Gasteiger partial charge in [-0.25, -0.2) is 0 Å². The number of hydrogen-bond acceptors (Lipinski definition) is 4. The van der Waals surface area contributed by atoms with Crippen LogP contribution in [0.15, 0.2) is 0 Å². The van der Waals surface area contributed by atoms with Gasteiger partial charge in [0.2, 0.25) is 5.78 Å². The van der Waals surface area contributed by atoms with Gasteiger partial charge in [0.05, 0.1) is 6.61 Å². The Hall–Kier alpha value is -0.940. The van der Waals surface area contributed by atoms with Crippen molar-refractivity contribution in [1.29, 1.82) is 0 Å². The summed E-state index contributed by atoms with van der Waals surface area (Å²) in [5.74, 6) is 0.0252. The van der Waals surface area contributed by atoms with Crippen molar-refractivity contribution in [3.8, 4) is 0 Å². The fourth-order valence-corrected chi connectivity index (χ4v) is 2.99. The number of Topliss-reactive ketones (excluding diaryl/α,β-unsaturated/α-hetero) is 1. The van der Waals surface area contributed by atoms with Crippen molar-refractivity contribution in [2.75, 3.05) is 26.4 Å². The number of rotatable bonds is 7. The summed E-state index contributed by atoms with van der Waals surface area (Å²) in [5.41, 5.74) is 0. The smallest absolute Gasteiger partial charge is 0.290 e. The highest BCUT2D eigenvalue weighted by molar-refractivity contribution is 6.37. The molecule has 1 unspecified atom stereocenters. The topological polar surface area (TPSA) is 64.6 Å². The van der Waals surface area contributed by atoms with Gasteiger partial charge in [-0.2, -0.15) is 0 Å². The van der Waals surface area contributed by atoms with Crippen LogP contribution in [0.3, 0.4) is 0 Å². The third kappa shape index (κ3) is 5.40. The molecule has 120 valence electrons. The summed E-state index contributed by atoms with van der Waals surface area (Å²) >= 11 is 0. The first-order valence-corrected chi connectivity index (χ1v) is 8.18. The second-order valence-corrected chi connectivity index (χ2v) is 6.26. The maximum absolute atomic E-state index is 12.0. The van der Waals surface area contributed by atoms with Crippen molar-refractivity contribution < 1.29 is 19.1 Å². The molecule has 21 heavy (non-hydrogen) atoms. The van der Waals surface area contributed by atoms with Crippen molar-refractivity contribution in [2.24, 2.45) is 11.8 Å². The van der Waals surface area contributed by atoms with E-state index in [0.29, 0.717) is 25.0 Å². The molecule has 1 saturated heterocycles. The maximum atomic E-state index is 12.0. The lowest BCUT2D eigenvalue weighted by Crippen LogP contribution is -2.40. The quantitative estimate of drug-likeness (QED) is 0.726. The van der Waals surface area contributed by atoms with Crippen LogP contribution >= 0.6 is 0 Å². The molecule has 5 nitrogen and oxygen atoms in total. The molecule has 1 aliphatic heterocycles. The van der Waals surface area contributed by atoms with E-state index < -0.39 is 17.8 Å². The molecular weight excluding hydrogens is 270 g/mol. The average Bonchev–Trinajstić information content (AvgIpc) is 3.04. The minimum atomic E-state index is -0.656. The molecule has 0 aromatic heterocycles. The summed E-state index contributed by atoms with van der Waals surface area (Å²) < 4.78 is 10.9. The predicted octanol–water partition coefficient (Wildman–Crippen LogP) is 1.69. The third-order valence-corrected chi connectivity index (χ3v) is 4.54. The summed E-state index contributed by atoms with van der Waals surface area (Å²) in [6.45, 7) is 4.34. The van der Waals surface area contributed by atoms with Crippen molar-refractivity contribution in [3.05, 3.63) is 0 Å². The van der Waals surface area contributed by atoms with E-state index in [4.69, 9.17) is 9.47 Å². The SMILES string of the molecule is CC(OCC1CCOCC1)C(=O)C(=O)NCC1CCCC1. The molecule has 1 aliphatic carbocycles. The molecular formula is C16H27NO4. The predicted molar refractivity (Wildman–Crippen MR) is 78.9 cm³/mol. The van der Waals surface area contributed by atoms with Crippen LogP contribution < -0.4 is 5.32 Å². The Kier molecular flexibility index (Phi) is 6.64. The van der Waals surface area contributed by atoms with E-state index in [0.717, 1.165) is 38.9 Å². The van der Waals surface area contributed by atoms with Crippen molar-refractivity contribution in [3.63, 3.8) is 0 Å². The van der Waals surface area contributed by atoms with Crippen LogP contribution in [0.4, 0.5) is 0 Å². The summed E-state index contributed by atoms with van der Waals surface area (Å²) in [4.78, 5) is 23.8. The van der Waals surface area contributed by atoms with Crippen LogP contribution in [-0.2, 0) is 19.1 Å². The highest BCUT2D eigenvalue weighted by Gasteiger charge is 2.25. The van der Waals surface area contributed by atoms with Gasteiger partial charge < -0.3 is 14.8 Å². The number of carbonyl (C=O) groups is 2. The standard InChI is InChI=1S/C16H27NO4/c1-12(21-11-14-6-8-20-9-7-14)15(18)16(19)17-10-13-4-2-3-5-13/h12-14H,2-11H2,1H3,(H,17,19). The Morgan fingerprint density at radius 2 is 1.81 bits per heavy atom. The van der Waals surface area contributed by atoms with Crippen LogP contribution in [0, 0.1) is 11.8 Å². The number of hydrogen-bond donors (Lipinski definition) is 1. The van der Waals surface area contributed by atoms with Crippen LogP contribution in [0.2, 0.25) is 0 Å². The molecule has 0 radical (unpaired) electrons.